The van der Waals surface area contributed by atoms with E-state index in [-0.39, 0.29) is 12.3 Å². The molecule has 9 heteroatoms. The molecule has 0 unspecified atom stereocenters. The molecular formula is C19H26N4O3S2. The molecule has 1 saturated heterocycles. The maximum absolute atomic E-state index is 12.6. The van der Waals surface area contributed by atoms with Crippen molar-refractivity contribution in [1.82, 2.24) is 18.5 Å². The predicted octanol–water partition coefficient (Wildman–Crippen LogP) is 2.08. The second-order valence-electron chi connectivity index (χ2n) is 6.56. The molecule has 2 aromatic rings. The van der Waals surface area contributed by atoms with Crippen LogP contribution in [0.4, 0.5) is 0 Å². The van der Waals surface area contributed by atoms with Gasteiger partial charge in [-0.3, -0.25) is 4.79 Å². The van der Waals surface area contributed by atoms with Crippen LogP contribution in [0.5, 0.6) is 0 Å². The van der Waals surface area contributed by atoms with Gasteiger partial charge in [0.1, 0.15) is 5.01 Å². The molecule has 1 aromatic carbocycles. The van der Waals surface area contributed by atoms with E-state index >= 15 is 0 Å². The maximum Gasteiger partial charge on any atom is 0.282 e. The summed E-state index contributed by atoms with van der Waals surface area (Å²) in [5.41, 5.74) is 1.80. The highest BCUT2D eigenvalue weighted by molar-refractivity contribution is 7.86. The molecule has 3 rings (SSSR count). The summed E-state index contributed by atoms with van der Waals surface area (Å²) in [6.07, 6.45) is 0.242. The zero-order valence-corrected chi connectivity index (χ0v) is 17.9. The van der Waals surface area contributed by atoms with Crippen LogP contribution in [0, 0.1) is 0 Å². The van der Waals surface area contributed by atoms with Gasteiger partial charge in [-0.25, -0.2) is 4.98 Å². The average Bonchev–Trinajstić information content (AvgIpc) is 3.18. The number of piperazine rings is 1. The van der Waals surface area contributed by atoms with Crippen molar-refractivity contribution >= 4 is 27.5 Å². The van der Waals surface area contributed by atoms with Crippen molar-refractivity contribution in [3.63, 3.8) is 0 Å². The standard InChI is InChI=1S/C19H26N4O3S2/c1-3-22(4-2)28(25,26)23-12-10-21(11-13-23)18(24)14-17-15-27-19(20-17)16-8-6-5-7-9-16/h5-9,15H,3-4,10-14H2,1-2H3. The number of benzene rings is 1. The first-order valence-electron chi connectivity index (χ1n) is 9.48. The number of amides is 1. The van der Waals surface area contributed by atoms with Gasteiger partial charge in [0.25, 0.3) is 10.2 Å². The normalized spacial score (nSPS) is 15.9. The number of hydrogen-bond donors (Lipinski definition) is 0. The molecule has 1 aliphatic rings. The lowest BCUT2D eigenvalue weighted by Crippen LogP contribution is -2.54. The number of rotatable bonds is 7. The summed E-state index contributed by atoms with van der Waals surface area (Å²) in [6, 6.07) is 9.89. The first-order valence-corrected chi connectivity index (χ1v) is 11.8. The van der Waals surface area contributed by atoms with Crippen molar-refractivity contribution in [3.05, 3.63) is 41.4 Å². The first-order chi connectivity index (χ1) is 13.5. The van der Waals surface area contributed by atoms with Crippen LogP contribution in [-0.2, 0) is 21.4 Å². The number of thiazole rings is 1. The third-order valence-corrected chi connectivity index (χ3v) is 7.98. The molecule has 0 atom stereocenters. The van der Waals surface area contributed by atoms with Gasteiger partial charge < -0.3 is 4.90 Å². The van der Waals surface area contributed by atoms with Crippen molar-refractivity contribution in [3.8, 4) is 10.6 Å². The van der Waals surface area contributed by atoms with Crippen LogP contribution >= 0.6 is 11.3 Å². The molecule has 1 amide bonds. The molecular weight excluding hydrogens is 396 g/mol. The van der Waals surface area contributed by atoms with Gasteiger partial charge in [0.15, 0.2) is 0 Å². The van der Waals surface area contributed by atoms with Crippen LogP contribution in [0.25, 0.3) is 10.6 Å². The monoisotopic (exact) mass is 422 g/mol. The fourth-order valence-corrected chi connectivity index (χ4v) is 5.68. The number of hydrogen-bond acceptors (Lipinski definition) is 5. The Morgan fingerprint density at radius 2 is 1.75 bits per heavy atom. The molecule has 1 aliphatic heterocycles. The highest BCUT2D eigenvalue weighted by Gasteiger charge is 2.32. The predicted molar refractivity (Wildman–Crippen MR) is 111 cm³/mol. The van der Waals surface area contributed by atoms with Crippen LogP contribution in [0.2, 0.25) is 0 Å². The molecule has 28 heavy (non-hydrogen) atoms. The molecule has 0 N–H and O–H groups in total. The van der Waals surface area contributed by atoms with Gasteiger partial charge in [0.2, 0.25) is 5.91 Å². The molecule has 7 nitrogen and oxygen atoms in total. The molecule has 0 radical (unpaired) electrons. The Labute approximate surface area is 170 Å². The third kappa shape index (κ3) is 4.60. The summed E-state index contributed by atoms with van der Waals surface area (Å²) in [5, 5.41) is 2.82. The Bertz CT molecular complexity index is 887. The second kappa shape index (κ2) is 9.13. The van der Waals surface area contributed by atoms with Crippen LogP contribution in [-0.4, -0.2) is 72.1 Å². The second-order valence-corrected chi connectivity index (χ2v) is 9.35. The zero-order chi connectivity index (χ0) is 20.1. The molecule has 0 bridgehead atoms. The van der Waals surface area contributed by atoms with Crippen LogP contribution < -0.4 is 0 Å². The Hall–Kier alpha value is -1.81. The lowest BCUT2D eigenvalue weighted by atomic mass is 10.2. The van der Waals surface area contributed by atoms with E-state index in [2.05, 4.69) is 4.98 Å². The van der Waals surface area contributed by atoms with Crippen molar-refractivity contribution in [2.75, 3.05) is 39.3 Å². The van der Waals surface area contributed by atoms with Crippen LogP contribution in [0.1, 0.15) is 19.5 Å². The highest BCUT2D eigenvalue weighted by Crippen LogP contribution is 2.23. The third-order valence-electron chi connectivity index (χ3n) is 4.85. The number of carbonyl (C=O) groups is 1. The Balaban J connectivity index is 1.57. The van der Waals surface area contributed by atoms with Crippen molar-refractivity contribution in [1.29, 1.82) is 0 Å². The lowest BCUT2D eigenvalue weighted by molar-refractivity contribution is -0.131. The average molecular weight is 423 g/mol. The van der Waals surface area contributed by atoms with Gasteiger partial charge in [-0.1, -0.05) is 44.2 Å². The number of aromatic nitrogens is 1. The van der Waals surface area contributed by atoms with E-state index in [9.17, 15) is 13.2 Å². The summed E-state index contributed by atoms with van der Waals surface area (Å²) in [4.78, 5) is 18.9. The Morgan fingerprint density at radius 1 is 1.11 bits per heavy atom. The SMILES string of the molecule is CCN(CC)S(=O)(=O)N1CCN(C(=O)Cc2csc(-c3ccccc3)n2)CC1. The van der Waals surface area contributed by atoms with E-state index in [0.717, 1.165) is 16.3 Å². The summed E-state index contributed by atoms with van der Waals surface area (Å²) >= 11 is 1.53. The number of nitrogens with zero attached hydrogens (tertiary/aromatic N) is 4. The summed E-state index contributed by atoms with van der Waals surface area (Å²) in [7, 11) is -3.44. The fourth-order valence-electron chi connectivity index (χ4n) is 3.25. The van der Waals surface area contributed by atoms with E-state index in [1.807, 2.05) is 49.6 Å². The number of carbonyl (C=O) groups excluding carboxylic acids is 1. The Morgan fingerprint density at radius 3 is 2.36 bits per heavy atom. The van der Waals surface area contributed by atoms with Crippen molar-refractivity contribution in [2.45, 2.75) is 20.3 Å². The van der Waals surface area contributed by atoms with Crippen molar-refractivity contribution < 1.29 is 13.2 Å². The summed E-state index contributed by atoms with van der Waals surface area (Å²) in [6.45, 7) is 6.05. The molecule has 1 fully saturated rings. The largest absolute Gasteiger partial charge is 0.340 e. The molecule has 0 aliphatic carbocycles. The van der Waals surface area contributed by atoms with Gasteiger partial charge in [0.05, 0.1) is 12.1 Å². The minimum absolute atomic E-state index is 0.00945. The van der Waals surface area contributed by atoms with E-state index in [0.29, 0.717) is 39.3 Å². The fraction of sp³-hybridized carbons (Fsp3) is 0.474. The van der Waals surface area contributed by atoms with Crippen LogP contribution in [0.15, 0.2) is 35.7 Å². The Kier molecular flexibility index (Phi) is 6.82. The molecule has 1 aromatic heterocycles. The minimum atomic E-state index is -3.44. The molecule has 0 saturated carbocycles. The van der Waals surface area contributed by atoms with Crippen LogP contribution in [0.3, 0.4) is 0 Å². The molecule has 152 valence electrons. The van der Waals surface area contributed by atoms with Gasteiger partial charge in [-0.05, 0) is 0 Å². The van der Waals surface area contributed by atoms with Gasteiger partial charge in [-0.2, -0.15) is 17.0 Å². The quantitative estimate of drug-likeness (QED) is 0.685. The van der Waals surface area contributed by atoms with Gasteiger partial charge in [-0.15, -0.1) is 11.3 Å². The molecule has 2 heterocycles. The minimum Gasteiger partial charge on any atom is -0.340 e. The van der Waals surface area contributed by atoms with E-state index in [1.54, 1.807) is 4.90 Å². The van der Waals surface area contributed by atoms with Gasteiger partial charge in [0, 0.05) is 50.2 Å². The van der Waals surface area contributed by atoms with E-state index < -0.39 is 10.2 Å². The maximum atomic E-state index is 12.6. The van der Waals surface area contributed by atoms with Gasteiger partial charge >= 0.3 is 0 Å². The summed E-state index contributed by atoms with van der Waals surface area (Å²) < 4.78 is 28.1. The highest BCUT2D eigenvalue weighted by atomic mass is 32.2. The topological polar surface area (TPSA) is 73.8 Å². The summed E-state index contributed by atoms with van der Waals surface area (Å²) in [5.74, 6) is -0.00945. The lowest BCUT2D eigenvalue weighted by Gasteiger charge is -2.36. The van der Waals surface area contributed by atoms with E-state index in [1.165, 1.54) is 19.9 Å². The first kappa shape index (κ1) is 20.9. The zero-order valence-electron chi connectivity index (χ0n) is 16.2. The molecule has 0 spiro atoms. The van der Waals surface area contributed by atoms with E-state index in [4.69, 9.17) is 0 Å². The smallest absolute Gasteiger partial charge is 0.282 e. The van der Waals surface area contributed by atoms with Crippen molar-refractivity contribution in [2.24, 2.45) is 0 Å².